The molecular formula is C24H30N6O3. The standard InChI is InChI=1S/C24H30N6O3/c1-15(28-24(31)26-2)12-17-13-20(32-4)21(33-5)14-19(17)23(25)16-6-8-18(9-7-16)29-22-10-11-27-30(22)3/h6-11,13-15,25,29H,12H2,1-5H3,(H2,26,28,31). The molecule has 4 N–H and O–H groups in total. The lowest BCUT2D eigenvalue weighted by molar-refractivity contribution is 0.240. The fourth-order valence-corrected chi connectivity index (χ4v) is 3.52. The van der Waals surface area contributed by atoms with Crippen LogP contribution in [-0.2, 0) is 13.5 Å². The number of rotatable bonds is 9. The van der Waals surface area contributed by atoms with Gasteiger partial charge in [-0.3, -0.25) is 10.1 Å². The number of ether oxygens (including phenoxy) is 2. The van der Waals surface area contributed by atoms with Crippen LogP contribution in [0.1, 0.15) is 23.6 Å². The SMILES string of the molecule is CNC(=O)NC(C)Cc1cc(OC)c(OC)cc1C(=N)c1ccc(Nc2ccnn2C)cc1. The number of carbonyl (C=O) groups is 1. The molecule has 174 valence electrons. The van der Waals surface area contributed by atoms with Crippen LogP contribution in [-0.4, -0.2) is 48.8 Å². The zero-order valence-corrected chi connectivity index (χ0v) is 19.5. The van der Waals surface area contributed by atoms with E-state index in [0.29, 0.717) is 29.2 Å². The van der Waals surface area contributed by atoms with E-state index >= 15 is 0 Å². The third-order valence-electron chi connectivity index (χ3n) is 5.28. The van der Waals surface area contributed by atoms with E-state index in [1.54, 1.807) is 32.1 Å². The fraction of sp³-hybridized carbons (Fsp3) is 0.292. The van der Waals surface area contributed by atoms with Crippen molar-refractivity contribution in [2.75, 3.05) is 26.6 Å². The molecule has 1 unspecified atom stereocenters. The van der Waals surface area contributed by atoms with E-state index in [0.717, 1.165) is 22.6 Å². The summed E-state index contributed by atoms with van der Waals surface area (Å²) in [5.74, 6) is 1.99. The van der Waals surface area contributed by atoms with Crippen LogP contribution in [0.15, 0.2) is 48.7 Å². The van der Waals surface area contributed by atoms with E-state index < -0.39 is 0 Å². The molecule has 1 heterocycles. The molecule has 9 nitrogen and oxygen atoms in total. The Bertz CT molecular complexity index is 1120. The second-order valence-corrected chi connectivity index (χ2v) is 7.61. The van der Waals surface area contributed by atoms with Gasteiger partial charge in [-0.05, 0) is 43.2 Å². The number of nitrogens with zero attached hydrogens (tertiary/aromatic N) is 2. The van der Waals surface area contributed by atoms with Crippen LogP contribution in [0, 0.1) is 5.41 Å². The number of benzene rings is 2. The maximum atomic E-state index is 11.7. The Labute approximate surface area is 193 Å². The summed E-state index contributed by atoms with van der Waals surface area (Å²) in [4.78, 5) is 11.7. The predicted octanol–water partition coefficient (Wildman–Crippen LogP) is 3.46. The van der Waals surface area contributed by atoms with E-state index in [-0.39, 0.29) is 12.1 Å². The average Bonchev–Trinajstić information content (AvgIpc) is 3.22. The largest absolute Gasteiger partial charge is 0.493 e. The lowest BCUT2D eigenvalue weighted by Crippen LogP contribution is -2.40. The van der Waals surface area contributed by atoms with Crippen LogP contribution in [0.5, 0.6) is 11.5 Å². The van der Waals surface area contributed by atoms with Crippen molar-refractivity contribution < 1.29 is 14.3 Å². The fourth-order valence-electron chi connectivity index (χ4n) is 3.52. The highest BCUT2D eigenvalue weighted by atomic mass is 16.5. The van der Waals surface area contributed by atoms with Crippen molar-refractivity contribution in [1.29, 1.82) is 5.41 Å². The third-order valence-corrected chi connectivity index (χ3v) is 5.28. The monoisotopic (exact) mass is 450 g/mol. The van der Waals surface area contributed by atoms with Crippen molar-refractivity contribution in [3.63, 3.8) is 0 Å². The molecule has 0 aliphatic rings. The van der Waals surface area contributed by atoms with Gasteiger partial charge in [-0.2, -0.15) is 5.10 Å². The van der Waals surface area contributed by atoms with E-state index in [1.165, 1.54) is 0 Å². The molecule has 0 radical (unpaired) electrons. The minimum absolute atomic E-state index is 0.153. The quantitative estimate of drug-likeness (QED) is 0.373. The van der Waals surface area contributed by atoms with E-state index in [1.807, 2.05) is 56.4 Å². The summed E-state index contributed by atoms with van der Waals surface area (Å²) < 4.78 is 12.7. The summed E-state index contributed by atoms with van der Waals surface area (Å²) in [6, 6.07) is 12.8. The Hall–Kier alpha value is -4.01. The smallest absolute Gasteiger partial charge is 0.314 e. The summed E-state index contributed by atoms with van der Waals surface area (Å²) in [5.41, 5.74) is 3.59. The van der Waals surface area contributed by atoms with Gasteiger partial charge in [0.05, 0.1) is 26.1 Å². The van der Waals surface area contributed by atoms with Crippen molar-refractivity contribution in [3.05, 3.63) is 65.4 Å². The summed E-state index contributed by atoms with van der Waals surface area (Å²) in [6.07, 6.45) is 2.25. The second kappa shape index (κ2) is 10.5. The van der Waals surface area contributed by atoms with Crippen molar-refractivity contribution >= 4 is 23.2 Å². The molecule has 0 fully saturated rings. The van der Waals surface area contributed by atoms with Crippen LogP contribution in [0.25, 0.3) is 0 Å². The molecule has 0 aliphatic carbocycles. The zero-order valence-electron chi connectivity index (χ0n) is 19.5. The molecule has 2 aromatic carbocycles. The second-order valence-electron chi connectivity index (χ2n) is 7.61. The van der Waals surface area contributed by atoms with Crippen LogP contribution in [0.3, 0.4) is 0 Å². The van der Waals surface area contributed by atoms with Gasteiger partial charge >= 0.3 is 6.03 Å². The van der Waals surface area contributed by atoms with Crippen molar-refractivity contribution in [1.82, 2.24) is 20.4 Å². The highest BCUT2D eigenvalue weighted by molar-refractivity contribution is 6.12. The molecule has 2 amide bonds. The molecule has 0 spiro atoms. The number of anilines is 2. The predicted molar refractivity (Wildman–Crippen MR) is 129 cm³/mol. The van der Waals surface area contributed by atoms with Crippen LogP contribution in [0.4, 0.5) is 16.3 Å². The first kappa shape index (κ1) is 23.6. The number of hydrogen-bond acceptors (Lipinski definition) is 6. The summed E-state index contributed by atoms with van der Waals surface area (Å²) in [6.45, 7) is 1.91. The minimum Gasteiger partial charge on any atom is -0.493 e. The van der Waals surface area contributed by atoms with Gasteiger partial charge in [-0.15, -0.1) is 0 Å². The summed E-state index contributed by atoms with van der Waals surface area (Å²) in [7, 11) is 6.59. The molecule has 0 saturated carbocycles. The van der Waals surface area contributed by atoms with Crippen molar-refractivity contribution in [2.24, 2.45) is 7.05 Å². The highest BCUT2D eigenvalue weighted by Crippen LogP contribution is 2.32. The molecule has 0 bridgehead atoms. The zero-order chi connectivity index (χ0) is 24.0. The lowest BCUT2D eigenvalue weighted by Gasteiger charge is -2.19. The Morgan fingerprint density at radius 1 is 1.12 bits per heavy atom. The molecule has 3 rings (SSSR count). The number of aryl methyl sites for hydroxylation is 1. The van der Waals surface area contributed by atoms with Crippen molar-refractivity contribution in [2.45, 2.75) is 19.4 Å². The van der Waals surface area contributed by atoms with Crippen molar-refractivity contribution in [3.8, 4) is 11.5 Å². The topological polar surface area (TPSA) is 113 Å². The van der Waals surface area contributed by atoms with Gasteiger partial charge in [0.2, 0.25) is 0 Å². The van der Waals surface area contributed by atoms with Crippen LogP contribution in [0.2, 0.25) is 0 Å². The van der Waals surface area contributed by atoms with Gasteiger partial charge in [-0.1, -0.05) is 12.1 Å². The summed E-state index contributed by atoms with van der Waals surface area (Å²) in [5, 5.41) is 21.8. The normalized spacial score (nSPS) is 11.4. The number of amides is 2. The number of urea groups is 1. The summed E-state index contributed by atoms with van der Waals surface area (Å²) >= 11 is 0. The van der Waals surface area contributed by atoms with Gasteiger partial charge in [0, 0.05) is 43.0 Å². The maximum Gasteiger partial charge on any atom is 0.314 e. The van der Waals surface area contributed by atoms with Gasteiger partial charge in [-0.25, -0.2) is 4.79 Å². The van der Waals surface area contributed by atoms with Gasteiger partial charge in [0.15, 0.2) is 11.5 Å². The van der Waals surface area contributed by atoms with Gasteiger partial charge in [0.25, 0.3) is 0 Å². The van der Waals surface area contributed by atoms with Gasteiger partial charge in [0.1, 0.15) is 5.82 Å². The molecule has 9 heteroatoms. The number of aromatic nitrogens is 2. The Morgan fingerprint density at radius 2 is 1.79 bits per heavy atom. The first-order valence-corrected chi connectivity index (χ1v) is 10.5. The molecule has 33 heavy (non-hydrogen) atoms. The lowest BCUT2D eigenvalue weighted by atomic mass is 9.93. The Kier molecular flexibility index (Phi) is 7.55. The number of hydrogen-bond donors (Lipinski definition) is 4. The molecule has 3 aromatic rings. The highest BCUT2D eigenvalue weighted by Gasteiger charge is 2.18. The molecule has 1 aromatic heterocycles. The first-order valence-electron chi connectivity index (χ1n) is 10.5. The average molecular weight is 451 g/mol. The molecule has 0 aliphatic heterocycles. The van der Waals surface area contributed by atoms with E-state index in [4.69, 9.17) is 14.9 Å². The maximum absolute atomic E-state index is 11.7. The third kappa shape index (κ3) is 5.62. The van der Waals surface area contributed by atoms with E-state index in [2.05, 4.69) is 21.0 Å². The number of nitrogens with one attached hydrogen (secondary N) is 4. The van der Waals surface area contributed by atoms with E-state index in [9.17, 15) is 4.79 Å². The number of carbonyl (C=O) groups excluding carboxylic acids is 1. The number of methoxy groups -OCH3 is 2. The molecule has 0 saturated heterocycles. The molecule has 1 atom stereocenters. The molecular weight excluding hydrogens is 420 g/mol. The Balaban J connectivity index is 1.90. The van der Waals surface area contributed by atoms with Crippen LogP contribution >= 0.6 is 0 Å². The van der Waals surface area contributed by atoms with Gasteiger partial charge < -0.3 is 25.4 Å². The van der Waals surface area contributed by atoms with Crippen LogP contribution < -0.4 is 25.4 Å². The first-order chi connectivity index (χ1) is 15.9. The minimum atomic E-state index is -0.254. The Morgan fingerprint density at radius 3 is 2.36 bits per heavy atom.